The van der Waals surface area contributed by atoms with Crippen LogP contribution in [0.5, 0.6) is 0 Å². The molecule has 0 unspecified atom stereocenters. The van der Waals surface area contributed by atoms with Gasteiger partial charge in [0.15, 0.2) is 0 Å². The van der Waals surface area contributed by atoms with Crippen molar-refractivity contribution in [2.24, 2.45) is 0 Å². The SMILES string of the molecule is C/C=C/CCCCCCCC(F)(F)F. The fourth-order valence-corrected chi connectivity index (χ4v) is 1.28. The molecule has 0 saturated heterocycles. The Morgan fingerprint density at radius 1 is 0.929 bits per heavy atom. The second kappa shape index (κ2) is 7.89. The number of halogens is 3. The monoisotopic (exact) mass is 208 g/mol. The quantitative estimate of drug-likeness (QED) is 0.414. The van der Waals surface area contributed by atoms with Crippen LogP contribution >= 0.6 is 0 Å². The Balaban J connectivity index is 3.07. The summed E-state index contributed by atoms with van der Waals surface area (Å²) in [5.41, 5.74) is 0. The van der Waals surface area contributed by atoms with Gasteiger partial charge in [-0.2, -0.15) is 13.2 Å². The smallest absolute Gasteiger partial charge is 0.171 e. The molecule has 0 aromatic rings. The minimum Gasteiger partial charge on any atom is -0.171 e. The maximum Gasteiger partial charge on any atom is 0.389 e. The first-order chi connectivity index (χ1) is 6.56. The van der Waals surface area contributed by atoms with Crippen LogP contribution in [0.3, 0.4) is 0 Å². The fraction of sp³-hybridized carbons (Fsp3) is 0.818. The molecular formula is C11H19F3. The normalized spacial score (nSPS) is 12.6. The molecule has 0 amide bonds. The van der Waals surface area contributed by atoms with E-state index in [-0.39, 0.29) is 6.42 Å². The van der Waals surface area contributed by atoms with Crippen molar-refractivity contribution in [2.75, 3.05) is 0 Å². The molecular weight excluding hydrogens is 189 g/mol. The molecule has 0 N–H and O–H groups in total. The van der Waals surface area contributed by atoms with E-state index in [9.17, 15) is 13.2 Å². The van der Waals surface area contributed by atoms with Gasteiger partial charge in [0.1, 0.15) is 0 Å². The third-order valence-electron chi connectivity index (χ3n) is 2.07. The summed E-state index contributed by atoms with van der Waals surface area (Å²) in [6.07, 6.45) is 4.61. The zero-order valence-electron chi connectivity index (χ0n) is 8.74. The van der Waals surface area contributed by atoms with Crippen molar-refractivity contribution < 1.29 is 13.2 Å². The molecule has 0 bridgehead atoms. The van der Waals surface area contributed by atoms with Crippen molar-refractivity contribution in [3.63, 3.8) is 0 Å². The topological polar surface area (TPSA) is 0 Å². The highest BCUT2D eigenvalue weighted by Crippen LogP contribution is 2.23. The highest BCUT2D eigenvalue weighted by molar-refractivity contribution is 4.76. The Kier molecular flexibility index (Phi) is 7.63. The lowest BCUT2D eigenvalue weighted by Gasteiger charge is -2.04. The Labute approximate surface area is 84.2 Å². The zero-order chi connectivity index (χ0) is 10.9. The van der Waals surface area contributed by atoms with Crippen LogP contribution in [0.25, 0.3) is 0 Å². The van der Waals surface area contributed by atoms with E-state index in [1.165, 1.54) is 0 Å². The van der Waals surface area contributed by atoms with Crippen LogP contribution < -0.4 is 0 Å². The molecule has 14 heavy (non-hydrogen) atoms. The third kappa shape index (κ3) is 11.5. The summed E-state index contributed by atoms with van der Waals surface area (Å²) in [5, 5.41) is 0. The van der Waals surface area contributed by atoms with Gasteiger partial charge >= 0.3 is 6.18 Å². The molecule has 0 aromatic carbocycles. The summed E-state index contributed by atoms with van der Waals surface area (Å²) in [5.74, 6) is 0. The molecule has 3 heteroatoms. The van der Waals surface area contributed by atoms with Crippen LogP contribution in [0.15, 0.2) is 12.2 Å². The molecule has 0 fully saturated rings. The largest absolute Gasteiger partial charge is 0.389 e. The molecule has 0 aliphatic rings. The highest BCUT2D eigenvalue weighted by Gasteiger charge is 2.25. The minimum absolute atomic E-state index is 0.285. The summed E-state index contributed by atoms with van der Waals surface area (Å²) in [6.45, 7) is 1.98. The molecule has 84 valence electrons. The molecule has 0 spiro atoms. The summed E-state index contributed by atoms with van der Waals surface area (Å²) in [6, 6.07) is 0. The van der Waals surface area contributed by atoms with Gasteiger partial charge in [-0.3, -0.25) is 0 Å². The first kappa shape index (κ1) is 13.5. The van der Waals surface area contributed by atoms with Crippen molar-refractivity contribution in [2.45, 2.75) is 58.0 Å². The van der Waals surface area contributed by atoms with E-state index in [4.69, 9.17) is 0 Å². The average molecular weight is 208 g/mol. The van der Waals surface area contributed by atoms with E-state index in [1.807, 2.05) is 13.0 Å². The van der Waals surface area contributed by atoms with E-state index in [0.29, 0.717) is 6.42 Å². The molecule has 0 atom stereocenters. The van der Waals surface area contributed by atoms with Crippen LogP contribution in [0.1, 0.15) is 51.9 Å². The van der Waals surface area contributed by atoms with Gasteiger partial charge in [0, 0.05) is 6.42 Å². The van der Waals surface area contributed by atoms with E-state index >= 15 is 0 Å². The molecule has 0 aromatic heterocycles. The van der Waals surface area contributed by atoms with Crippen molar-refractivity contribution in [1.82, 2.24) is 0 Å². The molecule has 0 rings (SSSR count). The number of alkyl halides is 3. The van der Waals surface area contributed by atoms with Gasteiger partial charge in [0.2, 0.25) is 0 Å². The van der Waals surface area contributed by atoms with Crippen molar-refractivity contribution in [3.8, 4) is 0 Å². The first-order valence-corrected chi connectivity index (χ1v) is 5.24. The number of allylic oxidation sites excluding steroid dienone is 2. The molecule has 0 heterocycles. The third-order valence-corrected chi connectivity index (χ3v) is 2.07. The summed E-state index contributed by atoms with van der Waals surface area (Å²) in [4.78, 5) is 0. The fourth-order valence-electron chi connectivity index (χ4n) is 1.28. The molecule has 0 aliphatic carbocycles. The van der Waals surface area contributed by atoms with Crippen molar-refractivity contribution in [1.29, 1.82) is 0 Å². The molecule has 0 aliphatic heterocycles. The molecule has 0 nitrogen and oxygen atoms in total. The van der Waals surface area contributed by atoms with Gasteiger partial charge in [-0.1, -0.05) is 31.4 Å². The first-order valence-electron chi connectivity index (χ1n) is 5.24. The minimum atomic E-state index is -3.97. The van der Waals surface area contributed by atoms with Crippen LogP contribution in [0.2, 0.25) is 0 Å². The van der Waals surface area contributed by atoms with Gasteiger partial charge in [-0.25, -0.2) is 0 Å². The van der Waals surface area contributed by atoms with E-state index in [2.05, 4.69) is 6.08 Å². The summed E-state index contributed by atoms with van der Waals surface area (Å²) < 4.78 is 35.2. The van der Waals surface area contributed by atoms with Gasteiger partial charge in [0.05, 0.1) is 0 Å². The second-order valence-corrected chi connectivity index (χ2v) is 3.49. The molecule has 0 radical (unpaired) electrons. The summed E-state index contributed by atoms with van der Waals surface area (Å²) in [7, 11) is 0. The number of hydrogen-bond donors (Lipinski definition) is 0. The Hall–Kier alpha value is -0.470. The van der Waals surface area contributed by atoms with Crippen LogP contribution in [0, 0.1) is 0 Å². The number of rotatable bonds is 7. The predicted molar refractivity (Wildman–Crippen MR) is 53.2 cm³/mol. The van der Waals surface area contributed by atoms with E-state index < -0.39 is 12.6 Å². The van der Waals surface area contributed by atoms with Gasteiger partial charge < -0.3 is 0 Å². The standard InChI is InChI=1S/C11H19F3/c1-2-3-4-5-6-7-8-9-10-11(12,13)14/h2-3H,4-10H2,1H3/b3-2+. The van der Waals surface area contributed by atoms with Gasteiger partial charge in [0.25, 0.3) is 0 Å². The van der Waals surface area contributed by atoms with Crippen LogP contribution in [0.4, 0.5) is 13.2 Å². The Morgan fingerprint density at radius 3 is 2.07 bits per heavy atom. The Morgan fingerprint density at radius 2 is 1.50 bits per heavy atom. The van der Waals surface area contributed by atoms with Gasteiger partial charge in [-0.05, 0) is 26.2 Å². The van der Waals surface area contributed by atoms with Crippen LogP contribution in [-0.4, -0.2) is 6.18 Å². The van der Waals surface area contributed by atoms with Crippen molar-refractivity contribution in [3.05, 3.63) is 12.2 Å². The van der Waals surface area contributed by atoms with E-state index in [0.717, 1.165) is 25.7 Å². The lowest BCUT2D eigenvalue weighted by Crippen LogP contribution is -2.06. The van der Waals surface area contributed by atoms with E-state index in [1.54, 1.807) is 0 Å². The summed E-state index contributed by atoms with van der Waals surface area (Å²) >= 11 is 0. The maximum absolute atomic E-state index is 11.7. The maximum atomic E-state index is 11.7. The lowest BCUT2D eigenvalue weighted by molar-refractivity contribution is -0.135. The molecule has 0 saturated carbocycles. The van der Waals surface area contributed by atoms with Gasteiger partial charge in [-0.15, -0.1) is 0 Å². The number of hydrogen-bond acceptors (Lipinski definition) is 0. The van der Waals surface area contributed by atoms with Crippen LogP contribution in [-0.2, 0) is 0 Å². The second-order valence-electron chi connectivity index (χ2n) is 3.49. The lowest BCUT2D eigenvalue weighted by atomic mass is 10.1. The van der Waals surface area contributed by atoms with Crippen molar-refractivity contribution >= 4 is 0 Å². The zero-order valence-corrected chi connectivity index (χ0v) is 8.74. The average Bonchev–Trinajstić information content (AvgIpc) is 2.08. The number of unbranched alkanes of at least 4 members (excludes halogenated alkanes) is 5. The predicted octanol–water partition coefficient (Wildman–Crippen LogP) is 4.86. The Bertz CT molecular complexity index is 147. The highest BCUT2D eigenvalue weighted by atomic mass is 19.4.